The van der Waals surface area contributed by atoms with Crippen LogP contribution in [0.15, 0.2) is 0 Å². The van der Waals surface area contributed by atoms with Crippen molar-refractivity contribution in [3.8, 4) is 0 Å². The summed E-state index contributed by atoms with van der Waals surface area (Å²) in [5.74, 6) is 0.0428. The third kappa shape index (κ3) is 2.89. The first kappa shape index (κ1) is 13.9. The summed E-state index contributed by atoms with van der Waals surface area (Å²) < 4.78 is 9.31. The molecule has 1 amide bonds. The van der Waals surface area contributed by atoms with Gasteiger partial charge in [0.1, 0.15) is 4.88 Å². The van der Waals surface area contributed by atoms with E-state index in [0.717, 1.165) is 23.9 Å². The largest absolute Gasteiger partial charge is 0.377 e. The summed E-state index contributed by atoms with van der Waals surface area (Å²) in [4.78, 5) is 15.1. The minimum Gasteiger partial charge on any atom is -0.377 e. The van der Waals surface area contributed by atoms with Gasteiger partial charge in [-0.05, 0) is 18.0 Å². The number of aryl methyl sites for hydroxylation is 1. The van der Waals surface area contributed by atoms with Gasteiger partial charge in [-0.15, -0.1) is 5.10 Å². The molecule has 1 aromatic heterocycles. The van der Waals surface area contributed by atoms with Crippen LogP contribution < -0.4 is 0 Å². The van der Waals surface area contributed by atoms with E-state index in [-0.39, 0.29) is 11.9 Å². The molecule has 0 aliphatic carbocycles. The molecule has 1 aliphatic rings. The standard InChI is InChI=1S/C11H16BrN3O2S/c1-2-3-9-10(18-14-13-9)11(16)15-4-5-17-7-8(15)6-12/h8H,2-7H2,1H3. The van der Waals surface area contributed by atoms with Crippen LogP contribution in [0.5, 0.6) is 0 Å². The van der Waals surface area contributed by atoms with E-state index in [1.807, 2.05) is 4.90 Å². The lowest BCUT2D eigenvalue weighted by molar-refractivity contribution is 0.00545. The molecule has 1 aromatic rings. The van der Waals surface area contributed by atoms with Gasteiger partial charge in [-0.2, -0.15) is 0 Å². The Hall–Kier alpha value is -0.530. The summed E-state index contributed by atoms with van der Waals surface area (Å²) in [7, 11) is 0. The van der Waals surface area contributed by atoms with Gasteiger partial charge in [0, 0.05) is 11.9 Å². The number of nitrogens with zero attached hydrogens (tertiary/aromatic N) is 3. The molecular formula is C11H16BrN3O2S. The van der Waals surface area contributed by atoms with Gasteiger partial charge in [-0.1, -0.05) is 33.8 Å². The maximum Gasteiger partial charge on any atom is 0.267 e. The third-order valence-electron chi connectivity index (χ3n) is 2.90. The molecule has 100 valence electrons. The Balaban J connectivity index is 2.16. The Kier molecular flexibility index (Phi) is 5.08. The SMILES string of the molecule is CCCc1nnsc1C(=O)N1CCOCC1CBr. The van der Waals surface area contributed by atoms with Crippen LogP contribution in [0.3, 0.4) is 0 Å². The summed E-state index contributed by atoms with van der Waals surface area (Å²) in [6, 6.07) is 0.0998. The van der Waals surface area contributed by atoms with Crippen LogP contribution in [0.4, 0.5) is 0 Å². The van der Waals surface area contributed by atoms with Crippen LogP contribution in [-0.2, 0) is 11.2 Å². The number of amides is 1. The van der Waals surface area contributed by atoms with E-state index in [1.54, 1.807) is 0 Å². The molecular weight excluding hydrogens is 318 g/mol. The second-order valence-corrected chi connectivity index (χ2v) is 5.58. The summed E-state index contributed by atoms with van der Waals surface area (Å²) in [6.45, 7) is 3.90. The zero-order valence-electron chi connectivity index (χ0n) is 10.3. The molecule has 0 N–H and O–H groups in total. The molecule has 0 aromatic carbocycles. The van der Waals surface area contributed by atoms with E-state index in [4.69, 9.17) is 4.74 Å². The van der Waals surface area contributed by atoms with Crippen LogP contribution >= 0.6 is 27.5 Å². The molecule has 1 atom stereocenters. The van der Waals surface area contributed by atoms with Crippen molar-refractivity contribution < 1.29 is 9.53 Å². The summed E-state index contributed by atoms with van der Waals surface area (Å²) >= 11 is 4.63. The van der Waals surface area contributed by atoms with Gasteiger partial charge >= 0.3 is 0 Å². The van der Waals surface area contributed by atoms with Crippen molar-refractivity contribution in [2.75, 3.05) is 25.1 Å². The maximum absolute atomic E-state index is 12.5. The number of halogens is 1. The predicted molar refractivity (Wildman–Crippen MR) is 73.3 cm³/mol. The van der Waals surface area contributed by atoms with Crippen LogP contribution in [0.1, 0.15) is 28.7 Å². The van der Waals surface area contributed by atoms with Crippen LogP contribution in [0.2, 0.25) is 0 Å². The molecule has 2 rings (SSSR count). The van der Waals surface area contributed by atoms with Crippen molar-refractivity contribution in [1.82, 2.24) is 14.5 Å². The maximum atomic E-state index is 12.5. The first-order valence-corrected chi connectivity index (χ1v) is 7.93. The Morgan fingerprint density at radius 3 is 3.22 bits per heavy atom. The fraction of sp³-hybridized carbons (Fsp3) is 0.727. The number of morpholine rings is 1. The molecule has 0 radical (unpaired) electrons. The van der Waals surface area contributed by atoms with Gasteiger partial charge in [0.2, 0.25) is 0 Å². The van der Waals surface area contributed by atoms with Gasteiger partial charge in [-0.3, -0.25) is 4.79 Å². The lowest BCUT2D eigenvalue weighted by atomic mass is 10.2. The van der Waals surface area contributed by atoms with E-state index in [9.17, 15) is 4.79 Å². The predicted octanol–water partition coefficient (Wildman–Crippen LogP) is 1.73. The first-order chi connectivity index (χ1) is 8.77. The van der Waals surface area contributed by atoms with Crippen LogP contribution in [0.25, 0.3) is 0 Å². The number of rotatable bonds is 4. The molecule has 1 unspecified atom stereocenters. The molecule has 5 nitrogen and oxygen atoms in total. The van der Waals surface area contributed by atoms with E-state index in [0.29, 0.717) is 24.6 Å². The average molecular weight is 334 g/mol. The highest BCUT2D eigenvalue weighted by Gasteiger charge is 2.30. The van der Waals surface area contributed by atoms with Crippen molar-refractivity contribution in [1.29, 1.82) is 0 Å². The fourth-order valence-corrected chi connectivity index (χ4v) is 3.15. The van der Waals surface area contributed by atoms with E-state index in [1.165, 1.54) is 11.5 Å². The molecule has 1 fully saturated rings. The first-order valence-electron chi connectivity index (χ1n) is 6.03. The Bertz CT molecular complexity index is 413. The molecule has 1 saturated heterocycles. The molecule has 7 heteroatoms. The van der Waals surface area contributed by atoms with Gasteiger partial charge in [0.05, 0.1) is 24.9 Å². The minimum atomic E-state index is 0.0428. The summed E-state index contributed by atoms with van der Waals surface area (Å²) in [6.07, 6.45) is 1.78. The topological polar surface area (TPSA) is 55.3 Å². The summed E-state index contributed by atoms with van der Waals surface area (Å²) in [5.41, 5.74) is 0.826. The number of alkyl halides is 1. The fourth-order valence-electron chi connectivity index (χ4n) is 1.95. The number of hydrogen-bond donors (Lipinski definition) is 0. The lowest BCUT2D eigenvalue weighted by Gasteiger charge is -2.34. The monoisotopic (exact) mass is 333 g/mol. The molecule has 0 spiro atoms. The van der Waals surface area contributed by atoms with Gasteiger partial charge in [-0.25, -0.2) is 0 Å². The van der Waals surface area contributed by atoms with Crippen molar-refractivity contribution in [3.63, 3.8) is 0 Å². The highest BCUT2D eigenvalue weighted by molar-refractivity contribution is 9.09. The lowest BCUT2D eigenvalue weighted by Crippen LogP contribution is -2.49. The average Bonchev–Trinajstić information content (AvgIpc) is 2.86. The van der Waals surface area contributed by atoms with Crippen molar-refractivity contribution in [2.24, 2.45) is 0 Å². The third-order valence-corrected chi connectivity index (χ3v) is 4.41. The van der Waals surface area contributed by atoms with Gasteiger partial charge in [0.25, 0.3) is 5.91 Å². The second kappa shape index (κ2) is 6.58. The summed E-state index contributed by atoms with van der Waals surface area (Å²) in [5, 5.41) is 4.78. The van der Waals surface area contributed by atoms with Crippen molar-refractivity contribution in [3.05, 3.63) is 10.6 Å². The Morgan fingerprint density at radius 2 is 2.50 bits per heavy atom. The molecule has 2 heterocycles. The minimum absolute atomic E-state index is 0.0428. The highest BCUT2D eigenvalue weighted by atomic mass is 79.9. The van der Waals surface area contributed by atoms with Crippen LogP contribution in [0, 0.1) is 0 Å². The van der Waals surface area contributed by atoms with Crippen molar-refractivity contribution in [2.45, 2.75) is 25.8 Å². The van der Waals surface area contributed by atoms with E-state index >= 15 is 0 Å². The molecule has 0 bridgehead atoms. The zero-order chi connectivity index (χ0) is 13.0. The number of carbonyl (C=O) groups excluding carboxylic acids is 1. The van der Waals surface area contributed by atoms with E-state index < -0.39 is 0 Å². The Labute approximate surface area is 119 Å². The molecule has 18 heavy (non-hydrogen) atoms. The normalized spacial score (nSPS) is 20.1. The van der Waals surface area contributed by atoms with Crippen LogP contribution in [-0.4, -0.2) is 51.5 Å². The smallest absolute Gasteiger partial charge is 0.267 e. The number of carbonyl (C=O) groups is 1. The quantitative estimate of drug-likeness (QED) is 0.787. The highest BCUT2D eigenvalue weighted by Crippen LogP contribution is 2.19. The molecule has 1 aliphatic heterocycles. The number of hydrogen-bond acceptors (Lipinski definition) is 5. The van der Waals surface area contributed by atoms with Gasteiger partial charge in [0.15, 0.2) is 0 Å². The van der Waals surface area contributed by atoms with E-state index in [2.05, 4.69) is 32.4 Å². The van der Waals surface area contributed by atoms with Crippen molar-refractivity contribution >= 4 is 33.4 Å². The number of ether oxygens (including phenoxy) is 1. The number of aromatic nitrogens is 2. The second-order valence-electron chi connectivity index (χ2n) is 4.18. The molecule has 0 saturated carbocycles. The Morgan fingerprint density at radius 1 is 1.67 bits per heavy atom. The van der Waals surface area contributed by atoms with Gasteiger partial charge < -0.3 is 9.64 Å². The zero-order valence-corrected chi connectivity index (χ0v) is 12.7.